The van der Waals surface area contributed by atoms with E-state index in [1.165, 1.54) is 4.90 Å². The number of hydrogen-bond acceptors (Lipinski definition) is 4. The molecule has 3 aromatic carbocycles. The average Bonchev–Trinajstić information content (AvgIpc) is 3.10. The van der Waals surface area contributed by atoms with Crippen molar-refractivity contribution >= 4 is 23.1 Å². The highest BCUT2D eigenvalue weighted by molar-refractivity contribution is 6.51. The number of ketones is 1. The number of aliphatic hydroxyl groups is 1. The molecule has 0 aromatic heterocycles. The summed E-state index contributed by atoms with van der Waals surface area (Å²) in [6, 6.07) is 21.2. The molecular weight excluding hydrogens is 426 g/mol. The second kappa shape index (κ2) is 9.56. The Kier molecular flexibility index (Phi) is 6.55. The zero-order valence-corrected chi connectivity index (χ0v) is 19.9. The van der Waals surface area contributed by atoms with Gasteiger partial charge in [-0.15, -0.1) is 0 Å². The van der Waals surface area contributed by atoms with Gasteiger partial charge in [0.05, 0.1) is 18.2 Å². The lowest BCUT2D eigenvalue weighted by molar-refractivity contribution is -0.132. The minimum absolute atomic E-state index is 0.0743. The van der Waals surface area contributed by atoms with E-state index in [0.717, 1.165) is 16.7 Å². The van der Waals surface area contributed by atoms with Crippen molar-refractivity contribution in [3.8, 4) is 5.75 Å². The number of aryl methyl sites for hydroxylation is 2. The van der Waals surface area contributed by atoms with Gasteiger partial charge in [-0.05, 0) is 72.9 Å². The van der Waals surface area contributed by atoms with E-state index in [0.29, 0.717) is 29.5 Å². The Morgan fingerprint density at radius 2 is 1.62 bits per heavy atom. The first-order chi connectivity index (χ1) is 16.3. The van der Waals surface area contributed by atoms with Gasteiger partial charge in [-0.1, -0.05) is 50.2 Å². The topological polar surface area (TPSA) is 66.8 Å². The van der Waals surface area contributed by atoms with Crippen LogP contribution in [0.4, 0.5) is 5.69 Å². The molecule has 1 atom stereocenters. The lowest BCUT2D eigenvalue weighted by Crippen LogP contribution is -2.29. The van der Waals surface area contributed by atoms with E-state index in [9.17, 15) is 14.7 Å². The monoisotopic (exact) mass is 455 g/mol. The number of amides is 1. The number of Topliss-reactive ketones (excluding diaryl/α,β-unsaturated/α-hetero) is 1. The van der Waals surface area contributed by atoms with Crippen LogP contribution in [-0.2, 0) is 9.59 Å². The molecular formula is C29H29NO4. The summed E-state index contributed by atoms with van der Waals surface area (Å²) in [4.78, 5) is 28.0. The van der Waals surface area contributed by atoms with E-state index in [1.807, 2.05) is 62.4 Å². The summed E-state index contributed by atoms with van der Waals surface area (Å²) in [5, 5.41) is 11.3. The Bertz CT molecular complexity index is 1240. The fourth-order valence-corrected chi connectivity index (χ4v) is 4.05. The van der Waals surface area contributed by atoms with E-state index >= 15 is 0 Å². The molecule has 0 aliphatic carbocycles. The third-order valence-corrected chi connectivity index (χ3v) is 6.04. The van der Waals surface area contributed by atoms with Gasteiger partial charge in [0, 0.05) is 11.3 Å². The van der Waals surface area contributed by atoms with Gasteiger partial charge in [0.15, 0.2) is 0 Å². The summed E-state index contributed by atoms with van der Waals surface area (Å²) in [7, 11) is 0. The summed E-state index contributed by atoms with van der Waals surface area (Å²) >= 11 is 0. The Labute approximate surface area is 200 Å². The minimum atomic E-state index is -0.736. The first kappa shape index (κ1) is 23.3. The van der Waals surface area contributed by atoms with Gasteiger partial charge < -0.3 is 9.84 Å². The maximum atomic E-state index is 13.3. The van der Waals surface area contributed by atoms with Crippen LogP contribution in [0.15, 0.2) is 78.4 Å². The maximum Gasteiger partial charge on any atom is 0.300 e. The molecule has 1 saturated heterocycles. The van der Waals surface area contributed by atoms with E-state index < -0.39 is 17.7 Å². The van der Waals surface area contributed by atoms with E-state index in [2.05, 4.69) is 13.8 Å². The van der Waals surface area contributed by atoms with Crippen molar-refractivity contribution in [2.45, 2.75) is 33.7 Å². The van der Waals surface area contributed by atoms with Crippen LogP contribution in [0.2, 0.25) is 0 Å². The number of ether oxygens (including phenoxy) is 1. The smallest absolute Gasteiger partial charge is 0.300 e. The van der Waals surface area contributed by atoms with Gasteiger partial charge in [0.1, 0.15) is 11.5 Å². The Morgan fingerprint density at radius 3 is 2.24 bits per heavy atom. The quantitative estimate of drug-likeness (QED) is 0.283. The van der Waals surface area contributed by atoms with Gasteiger partial charge in [-0.2, -0.15) is 0 Å². The molecule has 3 aromatic rings. The highest BCUT2D eigenvalue weighted by Crippen LogP contribution is 2.42. The van der Waals surface area contributed by atoms with Crippen molar-refractivity contribution in [1.29, 1.82) is 0 Å². The minimum Gasteiger partial charge on any atom is -0.507 e. The Balaban J connectivity index is 1.81. The molecule has 0 spiro atoms. The number of aliphatic hydroxyl groups excluding tert-OH is 1. The molecule has 0 bridgehead atoms. The predicted octanol–water partition coefficient (Wildman–Crippen LogP) is 5.96. The molecule has 0 saturated carbocycles. The SMILES string of the molecule is Cc1ccc(N2C(=O)C(=O)/C(=C(/O)c3ccc(OCC(C)C)cc3)C2c2ccccc2)cc1C. The zero-order chi connectivity index (χ0) is 24.4. The average molecular weight is 456 g/mol. The highest BCUT2D eigenvalue weighted by Gasteiger charge is 2.46. The van der Waals surface area contributed by atoms with Crippen LogP contribution in [0, 0.1) is 19.8 Å². The fraction of sp³-hybridized carbons (Fsp3) is 0.241. The number of carbonyl (C=O) groups is 2. The molecule has 174 valence electrons. The van der Waals surface area contributed by atoms with Crippen molar-refractivity contribution in [1.82, 2.24) is 0 Å². The van der Waals surface area contributed by atoms with Crippen LogP contribution >= 0.6 is 0 Å². The van der Waals surface area contributed by atoms with Crippen LogP contribution < -0.4 is 9.64 Å². The molecule has 0 radical (unpaired) electrons. The van der Waals surface area contributed by atoms with Gasteiger partial charge in [0.25, 0.3) is 11.7 Å². The standard InChI is InChI=1S/C29H29NO4/c1-18(2)17-34-24-14-11-22(12-15-24)27(31)25-26(21-8-6-5-7-9-21)30(29(33)28(25)32)23-13-10-19(3)20(4)16-23/h5-16,18,26,31H,17H2,1-4H3/b27-25+. The molecule has 1 aliphatic rings. The first-order valence-electron chi connectivity index (χ1n) is 11.4. The van der Waals surface area contributed by atoms with Crippen LogP contribution in [0.1, 0.15) is 42.1 Å². The highest BCUT2D eigenvalue weighted by atomic mass is 16.5. The molecule has 5 heteroatoms. The van der Waals surface area contributed by atoms with Gasteiger partial charge in [-0.25, -0.2) is 0 Å². The van der Waals surface area contributed by atoms with Crippen LogP contribution in [-0.4, -0.2) is 23.4 Å². The van der Waals surface area contributed by atoms with Crippen molar-refractivity contribution < 1.29 is 19.4 Å². The molecule has 34 heavy (non-hydrogen) atoms. The normalized spacial score (nSPS) is 17.4. The number of hydrogen-bond donors (Lipinski definition) is 1. The van der Waals surface area contributed by atoms with Crippen LogP contribution in [0.5, 0.6) is 5.75 Å². The predicted molar refractivity (Wildman–Crippen MR) is 134 cm³/mol. The number of nitrogens with zero attached hydrogens (tertiary/aromatic N) is 1. The third kappa shape index (κ3) is 4.46. The lowest BCUT2D eigenvalue weighted by Gasteiger charge is -2.26. The molecule has 1 fully saturated rings. The maximum absolute atomic E-state index is 13.3. The molecule has 1 aliphatic heterocycles. The largest absolute Gasteiger partial charge is 0.507 e. The summed E-state index contributed by atoms with van der Waals surface area (Å²) in [5.41, 5.74) is 4.01. The van der Waals surface area contributed by atoms with Crippen molar-refractivity contribution in [3.63, 3.8) is 0 Å². The Hall–Kier alpha value is -3.86. The van der Waals surface area contributed by atoms with Gasteiger partial charge in [0.2, 0.25) is 0 Å². The summed E-state index contributed by atoms with van der Waals surface area (Å²) < 4.78 is 5.72. The summed E-state index contributed by atoms with van der Waals surface area (Å²) in [5.74, 6) is -0.491. The lowest BCUT2D eigenvalue weighted by atomic mass is 9.95. The first-order valence-corrected chi connectivity index (χ1v) is 11.4. The second-order valence-electron chi connectivity index (χ2n) is 9.08. The Morgan fingerprint density at radius 1 is 0.941 bits per heavy atom. The van der Waals surface area contributed by atoms with Crippen molar-refractivity contribution in [2.24, 2.45) is 5.92 Å². The summed E-state index contributed by atoms with van der Waals surface area (Å²) in [6.45, 7) is 8.68. The number of anilines is 1. The number of benzene rings is 3. The second-order valence-corrected chi connectivity index (χ2v) is 9.08. The number of rotatable bonds is 6. The van der Waals surface area contributed by atoms with Crippen molar-refractivity contribution in [3.05, 3.63) is 101 Å². The zero-order valence-electron chi connectivity index (χ0n) is 19.9. The van der Waals surface area contributed by atoms with E-state index in [-0.39, 0.29) is 11.3 Å². The van der Waals surface area contributed by atoms with Crippen molar-refractivity contribution in [2.75, 3.05) is 11.5 Å². The molecule has 1 N–H and O–H groups in total. The van der Waals surface area contributed by atoms with E-state index in [4.69, 9.17) is 4.74 Å². The van der Waals surface area contributed by atoms with Crippen LogP contribution in [0.25, 0.3) is 5.76 Å². The van der Waals surface area contributed by atoms with Gasteiger partial charge >= 0.3 is 0 Å². The fourth-order valence-electron chi connectivity index (χ4n) is 4.05. The molecule has 1 unspecified atom stereocenters. The third-order valence-electron chi connectivity index (χ3n) is 6.04. The number of carbonyl (C=O) groups excluding carboxylic acids is 2. The van der Waals surface area contributed by atoms with Gasteiger partial charge in [-0.3, -0.25) is 14.5 Å². The molecule has 1 heterocycles. The van der Waals surface area contributed by atoms with Crippen LogP contribution in [0.3, 0.4) is 0 Å². The molecule has 4 rings (SSSR count). The summed E-state index contributed by atoms with van der Waals surface area (Å²) in [6.07, 6.45) is 0. The molecule has 1 amide bonds. The van der Waals surface area contributed by atoms with E-state index in [1.54, 1.807) is 24.3 Å². The molecule has 5 nitrogen and oxygen atoms in total.